The number of carbonyl (C=O) groups excluding carboxylic acids is 2. The fraction of sp³-hybridized carbons (Fsp3) is 0.771. The number of carbonyl (C=O) groups is 2. The molecular weight excluding hydrogens is 514 g/mol. The van der Waals surface area contributed by atoms with Crippen LogP contribution in [0.4, 0.5) is 4.79 Å². The van der Waals surface area contributed by atoms with Crippen molar-refractivity contribution >= 4 is 11.9 Å². The first-order chi connectivity index (χ1) is 19.5. The number of hydrogen-bond donors (Lipinski definition) is 1. The van der Waals surface area contributed by atoms with Crippen molar-refractivity contribution in [1.29, 1.82) is 0 Å². The Hall–Kier alpha value is -1.92. The van der Waals surface area contributed by atoms with Gasteiger partial charge in [-0.3, -0.25) is 9.69 Å². The predicted molar refractivity (Wildman–Crippen MR) is 155 cm³/mol. The second-order valence-electron chi connectivity index (χ2n) is 15.5. The normalized spacial score (nSPS) is 48.8. The smallest absolute Gasteiger partial charge is 0.410 e. The van der Waals surface area contributed by atoms with Crippen LogP contribution >= 0.6 is 0 Å². The molecular formula is C35H49NO5. The van der Waals surface area contributed by atoms with Gasteiger partial charge in [0.05, 0.1) is 12.1 Å². The molecule has 6 aliphatic rings. The molecule has 41 heavy (non-hydrogen) atoms. The van der Waals surface area contributed by atoms with Gasteiger partial charge in [0.15, 0.2) is 5.79 Å². The van der Waals surface area contributed by atoms with Gasteiger partial charge in [-0.2, -0.15) is 0 Å². The number of amides is 1. The Labute approximate surface area is 245 Å². The highest BCUT2D eigenvalue weighted by molar-refractivity contribution is 5.79. The van der Waals surface area contributed by atoms with E-state index in [1.807, 2.05) is 35.2 Å². The number of likely N-dealkylation sites (tertiary alicyclic amines) is 1. The summed E-state index contributed by atoms with van der Waals surface area (Å²) in [6.45, 7) is 10.2. The lowest BCUT2D eigenvalue weighted by Gasteiger charge is -2.62. The van der Waals surface area contributed by atoms with Crippen LogP contribution in [0.3, 0.4) is 0 Å². The fourth-order valence-corrected chi connectivity index (χ4v) is 11.8. The largest absolute Gasteiger partial charge is 0.445 e. The van der Waals surface area contributed by atoms with Crippen molar-refractivity contribution in [3.8, 4) is 0 Å². The topological polar surface area (TPSA) is 76.1 Å². The molecule has 2 aliphatic heterocycles. The molecule has 0 aromatic heterocycles. The Morgan fingerprint density at radius 2 is 1.85 bits per heavy atom. The Morgan fingerprint density at radius 3 is 2.63 bits per heavy atom. The standard InChI is InChI=1S/C35H49NO5/c1-21-18-35(39)31(36(19-21)32(38)40-20-23-8-6-5-7-9-23)22(2)30-29(41-35)17-28-26-11-10-24-16-25(37)12-14-33(24,3)27(26)13-15-34(28,30)4/h5-9,21-22,24,26-31,39H,10-20H2,1-4H3/t21-,22-,24-,26+,27-,28-,29+,30-,31+,33-,34-,35+/m0/s1. The van der Waals surface area contributed by atoms with Crippen molar-refractivity contribution in [2.45, 2.75) is 110 Å². The zero-order chi connectivity index (χ0) is 28.7. The predicted octanol–water partition coefficient (Wildman–Crippen LogP) is 6.60. The Bertz CT molecular complexity index is 1190. The summed E-state index contributed by atoms with van der Waals surface area (Å²) >= 11 is 0. The van der Waals surface area contributed by atoms with E-state index in [-0.39, 0.29) is 41.5 Å². The molecule has 7 rings (SSSR count). The van der Waals surface area contributed by atoms with Gasteiger partial charge in [-0.25, -0.2) is 4.79 Å². The van der Waals surface area contributed by atoms with Gasteiger partial charge in [-0.1, -0.05) is 58.0 Å². The minimum Gasteiger partial charge on any atom is -0.445 e. The van der Waals surface area contributed by atoms with E-state index < -0.39 is 11.8 Å². The van der Waals surface area contributed by atoms with Gasteiger partial charge in [0.25, 0.3) is 0 Å². The number of benzene rings is 1. The average molecular weight is 564 g/mol. The number of fused-ring (bicyclic) bond motifs is 8. The zero-order valence-corrected chi connectivity index (χ0v) is 25.4. The first-order valence-electron chi connectivity index (χ1n) is 16.4. The molecule has 1 aromatic carbocycles. The third-order valence-electron chi connectivity index (χ3n) is 13.4. The maximum absolute atomic E-state index is 13.6. The van der Waals surface area contributed by atoms with E-state index in [1.54, 1.807) is 0 Å². The van der Waals surface area contributed by atoms with Crippen LogP contribution in [0, 0.1) is 52.3 Å². The number of ether oxygens (including phenoxy) is 2. The number of aliphatic hydroxyl groups is 1. The summed E-state index contributed by atoms with van der Waals surface area (Å²) < 4.78 is 12.7. The summed E-state index contributed by atoms with van der Waals surface area (Å²) in [6.07, 6.45) is 8.62. The molecule has 0 bridgehead atoms. The van der Waals surface area contributed by atoms with Crippen LogP contribution in [0.1, 0.15) is 91.0 Å². The van der Waals surface area contributed by atoms with Gasteiger partial charge in [-0.05, 0) is 96.3 Å². The molecule has 0 spiro atoms. The van der Waals surface area contributed by atoms with Crippen molar-refractivity contribution in [3.63, 3.8) is 0 Å². The average Bonchev–Trinajstić information content (AvgIpc) is 3.23. The molecule has 1 N–H and O–H groups in total. The second-order valence-corrected chi connectivity index (χ2v) is 15.5. The molecule has 6 heteroatoms. The molecule has 1 amide bonds. The molecule has 0 radical (unpaired) electrons. The minimum atomic E-state index is -1.35. The number of hydrogen-bond acceptors (Lipinski definition) is 5. The number of piperidine rings is 1. The van der Waals surface area contributed by atoms with Gasteiger partial charge < -0.3 is 14.6 Å². The Balaban J connectivity index is 1.15. The summed E-state index contributed by atoms with van der Waals surface area (Å²) in [4.78, 5) is 27.8. The van der Waals surface area contributed by atoms with E-state index >= 15 is 0 Å². The first-order valence-corrected chi connectivity index (χ1v) is 16.4. The number of nitrogens with zero attached hydrogens (tertiary/aromatic N) is 1. The van der Waals surface area contributed by atoms with Gasteiger partial charge >= 0.3 is 6.09 Å². The van der Waals surface area contributed by atoms with Crippen LogP contribution in [0.25, 0.3) is 0 Å². The van der Waals surface area contributed by atoms with E-state index in [2.05, 4.69) is 27.7 Å². The lowest BCUT2D eigenvalue weighted by Crippen LogP contribution is -2.70. The SMILES string of the molecule is C[C@@H]1CN(C(=O)OCc2ccccc2)[C@@H]2[C@@H](C)[C@H]3[C@@H](C[C@H]4[C@@H]5CC[C@H]6CC(=O)CC[C@]6(C)[C@H]5CC[C@]34C)O[C@]2(O)C1. The quantitative estimate of drug-likeness (QED) is 0.439. The van der Waals surface area contributed by atoms with Gasteiger partial charge in [0, 0.05) is 25.8 Å². The summed E-state index contributed by atoms with van der Waals surface area (Å²) in [5.74, 6) is 2.11. The number of Topliss-reactive ketones (excluding diaryl/α,β-unsaturated/α-hetero) is 1. The minimum absolute atomic E-state index is 0.0194. The monoisotopic (exact) mass is 563 g/mol. The molecule has 224 valence electrons. The van der Waals surface area contributed by atoms with Crippen LogP contribution in [-0.4, -0.2) is 46.4 Å². The summed E-state index contributed by atoms with van der Waals surface area (Å²) in [6, 6.07) is 9.39. The molecule has 2 saturated heterocycles. The lowest BCUT2D eigenvalue weighted by atomic mass is 9.44. The molecule has 0 unspecified atom stereocenters. The zero-order valence-electron chi connectivity index (χ0n) is 25.4. The number of ketones is 1. The van der Waals surface area contributed by atoms with Crippen LogP contribution < -0.4 is 0 Å². The lowest BCUT2D eigenvalue weighted by molar-refractivity contribution is -0.328. The van der Waals surface area contributed by atoms with Crippen molar-refractivity contribution in [1.82, 2.24) is 4.90 Å². The van der Waals surface area contributed by atoms with Crippen molar-refractivity contribution < 1.29 is 24.2 Å². The van der Waals surface area contributed by atoms with E-state index in [0.29, 0.717) is 48.3 Å². The summed E-state index contributed by atoms with van der Waals surface area (Å²) in [5.41, 5.74) is 1.37. The highest BCUT2D eigenvalue weighted by Crippen LogP contribution is 2.70. The van der Waals surface area contributed by atoms with E-state index in [4.69, 9.17) is 9.47 Å². The Kier molecular flexibility index (Phi) is 6.67. The van der Waals surface area contributed by atoms with Crippen LogP contribution in [0.2, 0.25) is 0 Å². The third kappa shape index (κ3) is 4.24. The van der Waals surface area contributed by atoms with Crippen molar-refractivity contribution in [2.75, 3.05) is 6.54 Å². The van der Waals surface area contributed by atoms with Crippen molar-refractivity contribution in [3.05, 3.63) is 35.9 Å². The molecule has 4 saturated carbocycles. The molecule has 6 fully saturated rings. The van der Waals surface area contributed by atoms with Crippen molar-refractivity contribution in [2.24, 2.45) is 52.3 Å². The van der Waals surface area contributed by atoms with E-state index in [9.17, 15) is 14.7 Å². The molecule has 4 aliphatic carbocycles. The fourth-order valence-electron chi connectivity index (χ4n) is 11.8. The first kappa shape index (κ1) is 27.9. The molecule has 12 atom stereocenters. The van der Waals surface area contributed by atoms with Gasteiger partial charge in [-0.15, -0.1) is 0 Å². The highest BCUT2D eigenvalue weighted by Gasteiger charge is 2.69. The highest BCUT2D eigenvalue weighted by atomic mass is 16.6. The van der Waals surface area contributed by atoms with E-state index in [1.165, 1.54) is 25.7 Å². The van der Waals surface area contributed by atoms with Gasteiger partial charge in [0.1, 0.15) is 12.4 Å². The molecule has 1 aromatic rings. The number of rotatable bonds is 2. The van der Waals surface area contributed by atoms with Crippen LogP contribution in [0.5, 0.6) is 0 Å². The Morgan fingerprint density at radius 1 is 1.07 bits per heavy atom. The summed E-state index contributed by atoms with van der Waals surface area (Å²) in [5, 5.41) is 12.2. The van der Waals surface area contributed by atoms with Crippen LogP contribution in [0.15, 0.2) is 30.3 Å². The van der Waals surface area contributed by atoms with Crippen LogP contribution in [-0.2, 0) is 20.9 Å². The maximum Gasteiger partial charge on any atom is 0.410 e. The summed E-state index contributed by atoms with van der Waals surface area (Å²) in [7, 11) is 0. The molecule has 6 nitrogen and oxygen atoms in total. The van der Waals surface area contributed by atoms with Gasteiger partial charge in [0.2, 0.25) is 0 Å². The third-order valence-corrected chi connectivity index (χ3v) is 13.4. The maximum atomic E-state index is 13.6. The van der Waals surface area contributed by atoms with E-state index in [0.717, 1.165) is 31.2 Å². The second kappa shape index (κ2) is 9.80. The molecule has 2 heterocycles.